The van der Waals surface area contributed by atoms with Gasteiger partial charge in [0.1, 0.15) is 0 Å². The molecule has 0 aromatic heterocycles. The van der Waals surface area contributed by atoms with Crippen molar-refractivity contribution in [3.05, 3.63) is 35.4 Å². The van der Waals surface area contributed by atoms with Crippen LogP contribution in [0.5, 0.6) is 0 Å². The molecule has 0 heterocycles. The van der Waals surface area contributed by atoms with Crippen molar-refractivity contribution in [3.8, 4) is 0 Å². The number of guanidine groups is 1. The number of aliphatic hydroxyl groups is 1. The van der Waals surface area contributed by atoms with Crippen LogP contribution in [0.15, 0.2) is 29.3 Å². The monoisotopic (exact) mass is 377 g/mol. The molecule has 0 spiro atoms. The highest BCUT2D eigenvalue weighted by Gasteiger charge is 2.10. The normalized spacial score (nSPS) is 13.5. The molecule has 0 amide bonds. The molecule has 0 bridgehead atoms. The number of ether oxygens (including phenoxy) is 1. The minimum Gasteiger partial charge on any atom is -0.396 e. The number of benzene rings is 1. The summed E-state index contributed by atoms with van der Waals surface area (Å²) in [7, 11) is 0. The molecule has 0 saturated heterocycles. The second kappa shape index (κ2) is 12.7. The van der Waals surface area contributed by atoms with E-state index in [2.05, 4.69) is 69.5 Å². The number of nitrogens with one attached hydrogen (secondary N) is 2. The second-order valence-electron chi connectivity index (χ2n) is 7.96. The fraction of sp³-hybridized carbons (Fsp3) is 0.682. The van der Waals surface area contributed by atoms with Gasteiger partial charge in [-0.1, -0.05) is 37.6 Å². The minimum atomic E-state index is -0.139. The van der Waals surface area contributed by atoms with Crippen LogP contribution in [0, 0.1) is 5.92 Å². The summed E-state index contributed by atoms with van der Waals surface area (Å²) in [5.41, 5.74) is 2.20. The van der Waals surface area contributed by atoms with Crippen molar-refractivity contribution in [3.63, 3.8) is 0 Å². The Kier molecular flexibility index (Phi) is 11.1. The first-order valence-electron chi connectivity index (χ1n) is 10.2. The number of nitrogens with zero attached hydrogens (tertiary/aromatic N) is 1. The van der Waals surface area contributed by atoms with E-state index in [0.717, 1.165) is 38.3 Å². The van der Waals surface area contributed by atoms with Gasteiger partial charge in [0.05, 0.1) is 18.8 Å². The molecule has 5 heteroatoms. The molecule has 0 radical (unpaired) electrons. The highest BCUT2D eigenvalue weighted by molar-refractivity contribution is 5.79. The fourth-order valence-electron chi connectivity index (χ4n) is 2.81. The van der Waals surface area contributed by atoms with Crippen LogP contribution >= 0.6 is 0 Å². The molecule has 0 fully saturated rings. The summed E-state index contributed by atoms with van der Waals surface area (Å²) in [5.74, 6) is 1.30. The lowest BCUT2D eigenvalue weighted by atomic mass is 10.0. The average molecular weight is 378 g/mol. The molecular formula is C22H39N3O2. The summed E-state index contributed by atoms with van der Waals surface area (Å²) in [6, 6.07) is 8.40. The van der Waals surface area contributed by atoms with Crippen LogP contribution in [-0.4, -0.2) is 36.4 Å². The van der Waals surface area contributed by atoms with Crippen molar-refractivity contribution in [2.45, 2.75) is 72.6 Å². The van der Waals surface area contributed by atoms with Gasteiger partial charge in [-0.25, -0.2) is 4.99 Å². The molecule has 1 aromatic rings. The van der Waals surface area contributed by atoms with E-state index < -0.39 is 0 Å². The Hall–Kier alpha value is -1.59. The largest absolute Gasteiger partial charge is 0.396 e. The Balaban J connectivity index is 2.66. The molecule has 1 atom stereocenters. The molecule has 1 rings (SSSR count). The average Bonchev–Trinajstić information content (AvgIpc) is 2.62. The molecule has 5 nitrogen and oxygen atoms in total. The Labute approximate surface area is 165 Å². The SMILES string of the molecule is CCCC(CCO)CNC(=NCc1cccc(COC(C)(C)C)c1)NCC. The maximum absolute atomic E-state index is 9.22. The van der Waals surface area contributed by atoms with Crippen LogP contribution in [-0.2, 0) is 17.9 Å². The Morgan fingerprint density at radius 1 is 1.15 bits per heavy atom. The second-order valence-corrected chi connectivity index (χ2v) is 7.96. The van der Waals surface area contributed by atoms with Gasteiger partial charge in [0.2, 0.25) is 0 Å². The quantitative estimate of drug-likeness (QED) is 0.405. The number of hydrogen-bond donors (Lipinski definition) is 3. The van der Waals surface area contributed by atoms with E-state index in [4.69, 9.17) is 9.73 Å². The van der Waals surface area contributed by atoms with E-state index in [9.17, 15) is 5.11 Å². The zero-order valence-electron chi connectivity index (χ0n) is 17.8. The smallest absolute Gasteiger partial charge is 0.191 e. The third-order valence-corrected chi connectivity index (χ3v) is 4.22. The van der Waals surface area contributed by atoms with Crippen LogP contribution in [0.3, 0.4) is 0 Å². The molecule has 0 saturated carbocycles. The van der Waals surface area contributed by atoms with Crippen LogP contribution < -0.4 is 10.6 Å². The predicted octanol–water partition coefficient (Wildman–Crippen LogP) is 3.86. The van der Waals surface area contributed by atoms with E-state index in [1.807, 2.05) is 0 Å². The van der Waals surface area contributed by atoms with Gasteiger partial charge >= 0.3 is 0 Å². The van der Waals surface area contributed by atoms with Gasteiger partial charge in [-0.05, 0) is 57.6 Å². The van der Waals surface area contributed by atoms with Crippen molar-refractivity contribution in [2.24, 2.45) is 10.9 Å². The molecule has 3 N–H and O–H groups in total. The number of aliphatic imine (C=N–C) groups is 1. The standard InChI is InChI=1S/C22H39N3O2/c1-6-9-18(12-13-26)15-24-21(23-7-2)25-16-19-10-8-11-20(14-19)17-27-22(3,4)5/h8,10-11,14,18,26H,6-7,9,12-13,15-17H2,1-5H3,(H2,23,24,25). The van der Waals surface area contributed by atoms with Gasteiger partial charge in [-0.15, -0.1) is 0 Å². The first kappa shape index (κ1) is 23.4. The van der Waals surface area contributed by atoms with E-state index in [-0.39, 0.29) is 12.2 Å². The molecule has 1 aromatic carbocycles. The summed E-state index contributed by atoms with van der Waals surface area (Å²) >= 11 is 0. The zero-order valence-corrected chi connectivity index (χ0v) is 17.8. The van der Waals surface area contributed by atoms with Crippen molar-refractivity contribution >= 4 is 5.96 Å². The van der Waals surface area contributed by atoms with Crippen LogP contribution in [0.25, 0.3) is 0 Å². The van der Waals surface area contributed by atoms with Gasteiger partial charge in [0.15, 0.2) is 5.96 Å². The van der Waals surface area contributed by atoms with E-state index in [1.165, 1.54) is 11.1 Å². The van der Waals surface area contributed by atoms with Crippen molar-refractivity contribution in [1.82, 2.24) is 10.6 Å². The highest BCUT2D eigenvalue weighted by Crippen LogP contribution is 2.14. The Morgan fingerprint density at radius 3 is 2.52 bits per heavy atom. The lowest BCUT2D eigenvalue weighted by Crippen LogP contribution is -2.40. The van der Waals surface area contributed by atoms with Crippen molar-refractivity contribution in [1.29, 1.82) is 0 Å². The molecule has 0 aliphatic carbocycles. The van der Waals surface area contributed by atoms with Gasteiger partial charge in [-0.2, -0.15) is 0 Å². The summed E-state index contributed by atoms with van der Waals surface area (Å²) in [4.78, 5) is 4.72. The zero-order chi connectivity index (χ0) is 20.1. The Bertz CT molecular complexity index is 547. The van der Waals surface area contributed by atoms with Crippen LogP contribution in [0.4, 0.5) is 0 Å². The van der Waals surface area contributed by atoms with Crippen LogP contribution in [0.1, 0.15) is 65.0 Å². The maximum Gasteiger partial charge on any atom is 0.191 e. The first-order chi connectivity index (χ1) is 12.9. The number of aliphatic hydroxyl groups excluding tert-OH is 1. The summed E-state index contributed by atoms with van der Waals surface area (Å²) in [6.45, 7) is 13.6. The number of rotatable bonds is 11. The first-order valence-corrected chi connectivity index (χ1v) is 10.2. The lowest BCUT2D eigenvalue weighted by molar-refractivity contribution is -0.0149. The van der Waals surface area contributed by atoms with E-state index in [1.54, 1.807) is 0 Å². The molecule has 154 valence electrons. The topological polar surface area (TPSA) is 65.9 Å². The minimum absolute atomic E-state index is 0.139. The third-order valence-electron chi connectivity index (χ3n) is 4.22. The van der Waals surface area contributed by atoms with Gasteiger partial charge in [-0.3, -0.25) is 0 Å². The van der Waals surface area contributed by atoms with Crippen LogP contribution in [0.2, 0.25) is 0 Å². The fourth-order valence-corrected chi connectivity index (χ4v) is 2.81. The molecular weight excluding hydrogens is 338 g/mol. The van der Waals surface area contributed by atoms with E-state index >= 15 is 0 Å². The van der Waals surface area contributed by atoms with Gasteiger partial charge < -0.3 is 20.5 Å². The molecule has 1 unspecified atom stereocenters. The third kappa shape index (κ3) is 11.0. The lowest BCUT2D eigenvalue weighted by Gasteiger charge is -2.19. The van der Waals surface area contributed by atoms with Gasteiger partial charge in [0, 0.05) is 19.7 Å². The molecule has 27 heavy (non-hydrogen) atoms. The van der Waals surface area contributed by atoms with Crippen molar-refractivity contribution in [2.75, 3.05) is 19.7 Å². The van der Waals surface area contributed by atoms with E-state index in [0.29, 0.717) is 19.1 Å². The molecule has 0 aliphatic heterocycles. The highest BCUT2D eigenvalue weighted by atomic mass is 16.5. The predicted molar refractivity (Wildman–Crippen MR) is 114 cm³/mol. The Morgan fingerprint density at radius 2 is 1.89 bits per heavy atom. The maximum atomic E-state index is 9.22. The summed E-state index contributed by atoms with van der Waals surface area (Å²) in [5, 5.41) is 15.9. The number of hydrogen-bond acceptors (Lipinski definition) is 3. The molecule has 0 aliphatic rings. The summed E-state index contributed by atoms with van der Waals surface area (Å²) < 4.78 is 5.86. The van der Waals surface area contributed by atoms with Crippen molar-refractivity contribution < 1.29 is 9.84 Å². The summed E-state index contributed by atoms with van der Waals surface area (Å²) in [6.07, 6.45) is 3.07. The van der Waals surface area contributed by atoms with Gasteiger partial charge in [0.25, 0.3) is 0 Å².